The highest BCUT2D eigenvalue weighted by Gasteiger charge is 2.42. The first-order chi connectivity index (χ1) is 5.91. The molecule has 0 aliphatic carbocycles. The van der Waals surface area contributed by atoms with Gasteiger partial charge < -0.3 is 10.6 Å². The fraction of sp³-hybridized carbons (Fsp3) is 0.857. The summed E-state index contributed by atoms with van der Waals surface area (Å²) < 4.78 is 35.7. The third kappa shape index (κ3) is 4.90. The Morgan fingerprint density at radius 1 is 1.20 bits per heavy atom. The van der Waals surface area contributed by atoms with Gasteiger partial charge in [-0.2, -0.15) is 13.2 Å². The lowest BCUT2D eigenvalue weighted by Gasteiger charge is -2.30. The number of hydrogen-bond acceptors (Lipinski definition) is 2. The third-order valence-electron chi connectivity index (χ3n) is 2.07. The molecule has 0 saturated carbocycles. The van der Waals surface area contributed by atoms with E-state index in [9.17, 15) is 18.0 Å². The number of nitrogens with two attached hydrogens (primary N) is 1. The molecule has 0 unspecified atom stereocenters. The second-order valence-corrected chi connectivity index (χ2v) is 3.13. The summed E-state index contributed by atoms with van der Waals surface area (Å²) in [5, 5.41) is 0. The number of carbonyl (C=O) groups excluding carboxylic acids is 1. The maximum atomic E-state index is 11.9. The minimum atomic E-state index is -4.75. The fourth-order valence-corrected chi connectivity index (χ4v) is 1.28. The lowest BCUT2D eigenvalue weighted by atomic mass is 10.1. The van der Waals surface area contributed by atoms with Crippen LogP contribution in [0.1, 0.15) is 12.8 Å². The van der Waals surface area contributed by atoms with E-state index in [2.05, 4.69) is 0 Å². The van der Waals surface area contributed by atoms with Crippen LogP contribution in [0.2, 0.25) is 0 Å². The molecule has 0 radical (unpaired) electrons. The van der Waals surface area contributed by atoms with Crippen molar-refractivity contribution in [2.75, 3.05) is 13.1 Å². The van der Waals surface area contributed by atoms with Crippen molar-refractivity contribution in [2.24, 2.45) is 5.73 Å². The predicted molar refractivity (Wildman–Crippen MR) is 54.3 cm³/mol. The van der Waals surface area contributed by atoms with Crippen LogP contribution in [0.4, 0.5) is 13.2 Å². The first-order valence-corrected chi connectivity index (χ1v) is 4.03. The lowest BCUT2D eigenvalue weighted by Crippen LogP contribution is -2.47. The Balaban J connectivity index is 0. The Hall–Kier alpha value is -0.200. The summed E-state index contributed by atoms with van der Waals surface area (Å²) in [6.07, 6.45) is -3.86. The molecule has 1 aliphatic rings. The van der Waals surface area contributed by atoms with Crippen molar-refractivity contribution in [3.05, 3.63) is 0 Å². The van der Waals surface area contributed by atoms with Gasteiger partial charge in [-0.3, -0.25) is 4.79 Å². The highest BCUT2D eigenvalue weighted by molar-refractivity contribution is 5.85. The standard InChI is InChI=1S/C7H11F3N2O.2ClH/c8-7(9,10)6(13)12-3-1-5(11)2-4-12;;/h5H,1-4,11H2;2*1H. The van der Waals surface area contributed by atoms with Gasteiger partial charge in [-0.25, -0.2) is 0 Å². The van der Waals surface area contributed by atoms with E-state index in [4.69, 9.17) is 5.73 Å². The second-order valence-electron chi connectivity index (χ2n) is 3.13. The van der Waals surface area contributed by atoms with Gasteiger partial charge in [0, 0.05) is 19.1 Å². The van der Waals surface area contributed by atoms with Crippen molar-refractivity contribution in [3.63, 3.8) is 0 Å². The smallest absolute Gasteiger partial charge is 0.335 e. The van der Waals surface area contributed by atoms with E-state index in [1.807, 2.05) is 0 Å². The van der Waals surface area contributed by atoms with Crippen LogP contribution < -0.4 is 5.73 Å². The summed E-state index contributed by atoms with van der Waals surface area (Å²) in [6.45, 7) is 0.221. The minimum absolute atomic E-state index is 0. The van der Waals surface area contributed by atoms with Crippen LogP contribution in [-0.2, 0) is 4.79 Å². The van der Waals surface area contributed by atoms with Crippen LogP contribution in [0.3, 0.4) is 0 Å². The SMILES string of the molecule is Cl.Cl.NC1CCN(C(=O)C(F)(F)F)CC1. The average Bonchev–Trinajstić information content (AvgIpc) is 2.03. The molecule has 1 saturated heterocycles. The topological polar surface area (TPSA) is 46.3 Å². The van der Waals surface area contributed by atoms with E-state index < -0.39 is 12.1 Å². The Morgan fingerprint density at radius 2 is 1.60 bits per heavy atom. The molecule has 1 fully saturated rings. The molecule has 0 atom stereocenters. The second kappa shape index (κ2) is 6.40. The monoisotopic (exact) mass is 268 g/mol. The molecule has 92 valence electrons. The molecule has 15 heavy (non-hydrogen) atoms. The van der Waals surface area contributed by atoms with Gasteiger partial charge in [-0.05, 0) is 12.8 Å². The molecular weight excluding hydrogens is 256 g/mol. The zero-order valence-electron chi connectivity index (χ0n) is 7.79. The van der Waals surface area contributed by atoms with Gasteiger partial charge in [0.1, 0.15) is 0 Å². The number of likely N-dealkylation sites (tertiary alicyclic amines) is 1. The highest BCUT2D eigenvalue weighted by Crippen LogP contribution is 2.20. The van der Waals surface area contributed by atoms with Crippen molar-refractivity contribution in [1.82, 2.24) is 4.90 Å². The van der Waals surface area contributed by atoms with E-state index in [0.29, 0.717) is 12.8 Å². The van der Waals surface area contributed by atoms with Gasteiger partial charge in [-0.15, -0.1) is 24.8 Å². The van der Waals surface area contributed by atoms with Gasteiger partial charge in [-0.1, -0.05) is 0 Å². The first kappa shape index (κ1) is 17.2. The molecule has 8 heteroatoms. The fourth-order valence-electron chi connectivity index (χ4n) is 1.28. The van der Waals surface area contributed by atoms with Crippen molar-refractivity contribution >= 4 is 30.7 Å². The lowest BCUT2D eigenvalue weighted by molar-refractivity contribution is -0.186. The van der Waals surface area contributed by atoms with E-state index in [0.717, 1.165) is 4.90 Å². The quantitative estimate of drug-likeness (QED) is 0.721. The molecule has 0 aromatic heterocycles. The van der Waals surface area contributed by atoms with Crippen molar-refractivity contribution < 1.29 is 18.0 Å². The van der Waals surface area contributed by atoms with E-state index in [1.54, 1.807) is 0 Å². The minimum Gasteiger partial charge on any atom is -0.335 e. The number of piperidine rings is 1. The summed E-state index contributed by atoms with van der Waals surface area (Å²) in [4.78, 5) is 11.5. The molecule has 0 bridgehead atoms. The summed E-state index contributed by atoms with van der Waals surface area (Å²) >= 11 is 0. The molecule has 2 N–H and O–H groups in total. The number of amides is 1. The van der Waals surface area contributed by atoms with Crippen LogP contribution in [0.15, 0.2) is 0 Å². The number of halogens is 5. The van der Waals surface area contributed by atoms with Crippen LogP contribution in [0.5, 0.6) is 0 Å². The number of rotatable bonds is 0. The van der Waals surface area contributed by atoms with Crippen LogP contribution in [0, 0.1) is 0 Å². The number of carbonyl (C=O) groups is 1. The molecule has 0 aromatic rings. The summed E-state index contributed by atoms with van der Waals surface area (Å²) in [6, 6.07) is -0.0720. The molecular formula is C7H13Cl2F3N2O. The van der Waals surface area contributed by atoms with Gasteiger partial charge in [0.25, 0.3) is 0 Å². The number of nitrogens with zero attached hydrogens (tertiary/aromatic N) is 1. The van der Waals surface area contributed by atoms with Gasteiger partial charge in [0.05, 0.1) is 0 Å². The van der Waals surface area contributed by atoms with Gasteiger partial charge >= 0.3 is 12.1 Å². The zero-order valence-corrected chi connectivity index (χ0v) is 9.42. The maximum Gasteiger partial charge on any atom is 0.471 e. The molecule has 3 nitrogen and oxygen atoms in total. The van der Waals surface area contributed by atoms with Gasteiger partial charge in [0.15, 0.2) is 0 Å². The largest absolute Gasteiger partial charge is 0.471 e. The highest BCUT2D eigenvalue weighted by atomic mass is 35.5. The maximum absolute atomic E-state index is 11.9. The van der Waals surface area contributed by atoms with Crippen molar-refractivity contribution in [1.29, 1.82) is 0 Å². The van der Waals surface area contributed by atoms with Crippen molar-refractivity contribution in [2.45, 2.75) is 25.1 Å². The molecule has 1 heterocycles. The Morgan fingerprint density at radius 3 is 1.93 bits per heavy atom. The van der Waals surface area contributed by atoms with Gasteiger partial charge in [0.2, 0.25) is 0 Å². The molecule has 0 aromatic carbocycles. The Labute approximate surface area is 98.0 Å². The first-order valence-electron chi connectivity index (χ1n) is 4.03. The van der Waals surface area contributed by atoms with E-state index >= 15 is 0 Å². The third-order valence-corrected chi connectivity index (χ3v) is 2.07. The molecule has 1 amide bonds. The summed E-state index contributed by atoms with van der Waals surface area (Å²) in [5.74, 6) is -1.75. The Bertz CT molecular complexity index is 205. The summed E-state index contributed by atoms with van der Waals surface area (Å²) in [7, 11) is 0. The van der Waals surface area contributed by atoms with E-state index in [1.165, 1.54) is 0 Å². The zero-order chi connectivity index (χ0) is 10.1. The predicted octanol–water partition coefficient (Wildman–Crippen LogP) is 1.34. The van der Waals surface area contributed by atoms with Crippen molar-refractivity contribution in [3.8, 4) is 0 Å². The molecule has 1 aliphatic heterocycles. The van der Waals surface area contributed by atoms with Crippen LogP contribution in [-0.4, -0.2) is 36.1 Å². The number of hydrogen-bond donors (Lipinski definition) is 1. The van der Waals surface area contributed by atoms with Crippen LogP contribution in [0.25, 0.3) is 0 Å². The van der Waals surface area contributed by atoms with E-state index in [-0.39, 0.29) is 43.9 Å². The average molecular weight is 269 g/mol. The Kier molecular flexibility index (Phi) is 7.34. The molecule has 1 rings (SSSR count). The van der Waals surface area contributed by atoms with Crippen LogP contribution >= 0.6 is 24.8 Å². The number of alkyl halides is 3. The molecule has 0 spiro atoms. The summed E-state index contributed by atoms with van der Waals surface area (Å²) in [5.41, 5.74) is 5.49. The normalized spacial score (nSPS) is 17.7.